The van der Waals surface area contributed by atoms with E-state index in [9.17, 15) is 14.7 Å². The molecular formula is C26H20BrN3O5. The Labute approximate surface area is 208 Å². The van der Waals surface area contributed by atoms with Gasteiger partial charge in [-0.25, -0.2) is 4.98 Å². The number of aromatic nitrogens is 2. The van der Waals surface area contributed by atoms with Crippen molar-refractivity contribution in [2.45, 2.75) is 6.04 Å². The fourth-order valence-electron chi connectivity index (χ4n) is 4.21. The number of carbonyl (C=O) groups excluding carboxylic acids is 2. The van der Waals surface area contributed by atoms with Crippen LogP contribution < -0.4 is 14.4 Å². The van der Waals surface area contributed by atoms with Crippen molar-refractivity contribution >= 4 is 50.4 Å². The number of hydrogen-bond donors (Lipinski definition) is 2. The van der Waals surface area contributed by atoms with Gasteiger partial charge < -0.3 is 19.6 Å². The number of aromatic amines is 1. The Kier molecular flexibility index (Phi) is 5.78. The van der Waals surface area contributed by atoms with Gasteiger partial charge in [0.2, 0.25) is 5.95 Å². The summed E-state index contributed by atoms with van der Waals surface area (Å²) in [5.74, 6) is -0.793. The normalized spacial score (nSPS) is 17.2. The average molecular weight is 534 g/mol. The van der Waals surface area contributed by atoms with Gasteiger partial charge in [0.1, 0.15) is 5.76 Å². The van der Waals surface area contributed by atoms with E-state index in [1.807, 2.05) is 18.2 Å². The van der Waals surface area contributed by atoms with Crippen molar-refractivity contribution in [3.63, 3.8) is 0 Å². The van der Waals surface area contributed by atoms with Crippen molar-refractivity contribution in [1.29, 1.82) is 0 Å². The maximum Gasteiger partial charge on any atom is 0.302 e. The molecule has 0 aliphatic carbocycles. The number of aliphatic hydroxyl groups is 1. The van der Waals surface area contributed by atoms with E-state index in [-0.39, 0.29) is 17.3 Å². The first-order valence-corrected chi connectivity index (χ1v) is 11.5. The number of nitrogens with one attached hydrogen (secondary N) is 1. The summed E-state index contributed by atoms with van der Waals surface area (Å²) >= 11 is 3.37. The number of nitrogens with zero attached hydrogens (tertiary/aromatic N) is 2. The van der Waals surface area contributed by atoms with Crippen LogP contribution in [0, 0.1) is 0 Å². The number of ketones is 1. The molecule has 1 aliphatic heterocycles. The zero-order valence-electron chi connectivity index (χ0n) is 18.8. The Morgan fingerprint density at radius 1 is 1.00 bits per heavy atom. The number of benzene rings is 3. The lowest BCUT2D eigenvalue weighted by Crippen LogP contribution is -2.30. The Morgan fingerprint density at radius 2 is 1.71 bits per heavy atom. The number of imidazole rings is 1. The Hall–Kier alpha value is -4.11. The molecule has 0 bridgehead atoms. The average Bonchev–Trinajstić information content (AvgIpc) is 3.42. The van der Waals surface area contributed by atoms with Crippen LogP contribution >= 0.6 is 15.9 Å². The molecule has 2 heterocycles. The van der Waals surface area contributed by atoms with Crippen LogP contribution in [0.25, 0.3) is 16.8 Å². The molecule has 8 nitrogen and oxygen atoms in total. The Morgan fingerprint density at radius 3 is 2.40 bits per heavy atom. The monoisotopic (exact) mass is 533 g/mol. The third kappa shape index (κ3) is 3.83. The summed E-state index contributed by atoms with van der Waals surface area (Å²) in [6, 6.07) is 18.3. The summed E-state index contributed by atoms with van der Waals surface area (Å²) in [5, 5.41) is 11.2. The van der Waals surface area contributed by atoms with Crippen LogP contribution in [-0.2, 0) is 9.59 Å². The third-order valence-electron chi connectivity index (χ3n) is 5.89. The second kappa shape index (κ2) is 8.92. The summed E-state index contributed by atoms with van der Waals surface area (Å²) in [4.78, 5) is 35.6. The predicted octanol–water partition coefficient (Wildman–Crippen LogP) is 4.97. The lowest BCUT2D eigenvalue weighted by molar-refractivity contribution is -0.132. The van der Waals surface area contributed by atoms with Gasteiger partial charge in [0, 0.05) is 10.0 Å². The lowest BCUT2D eigenvalue weighted by Gasteiger charge is -2.23. The quantitative estimate of drug-likeness (QED) is 0.213. The molecule has 9 heteroatoms. The van der Waals surface area contributed by atoms with Crippen molar-refractivity contribution in [3.05, 3.63) is 87.9 Å². The number of fused-ring (bicyclic) bond motifs is 1. The molecule has 0 spiro atoms. The molecule has 176 valence electrons. The number of methoxy groups -OCH3 is 2. The van der Waals surface area contributed by atoms with Crippen LogP contribution in [0.5, 0.6) is 11.5 Å². The molecule has 1 unspecified atom stereocenters. The molecule has 1 aromatic heterocycles. The summed E-state index contributed by atoms with van der Waals surface area (Å²) in [5.41, 5.74) is 2.25. The maximum absolute atomic E-state index is 13.4. The minimum atomic E-state index is -0.959. The second-order valence-corrected chi connectivity index (χ2v) is 8.78. The van der Waals surface area contributed by atoms with Gasteiger partial charge in [0.25, 0.3) is 5.78 Å². The highest BCUT2D eigenvalue weighted by molar-refractivity contribution is 9.10. The van der Waals surface area contributed by atoms with E-state index in [1.165, 1.54) is 19.1 Å². The zero-order valence-corrected chi connectivity index (χ0v) is 20.4. The van der Waals surface area contributed by atoms with Crippen LogP contribution in [0.1, 0.15) is 17.2 Å². The van der Waals surface area contributed by atoms with Gasteiger partial charge in [0.15, 0.2) is 11.5 Å². The van der Waals surface area contributed by atoms with E-state index in [0.717, 1.165) is 4.47 Å². The fourth-order valence-corrected chi connectivity index (χ4v) is 4.47. The number of hydrogen-bond acceptors (Lipinski definition) is 6. The largest absolute Gasteiger partial charge is 0.507 e. The molecule has 4 aromatic rings. The number of para-hydroxylation sites is 2. The van der Waals surface area contributed by atoms with Gasteiger partial charge in [-0.1, -0.05) is 46.3 Å². The summed E-state index contributed by atoms with van der Waals surface area (Å²) in [6.45, 7) is 0. The number of aliphatic hydroxyl groups excluding tert-OH is 1. The smallest absolute Gasteiger partial charge is 0.302 e. The number of rotatable bonds is 5. The number of H-pyrrole nitrogens is 1. The highest BCUT2D eigenvalue weighted by Gasteiger charge is 2.48. The number of anilines is 1. The third-order valence-corrected chi connectivity index (χ3v) is 6.42. The molecule has 0 saturated carbocycles. The van der Waals surface area contributed by atoms with Crippen LogP contribution in [0.2, 0.25) is 0 Å². The predicted molar refractivity (Wildman–Crippen MR) is 135 cm³/mol. The first-order valence-electron chi connectivity index (χ1n) is 10.7. The van der Waals surface area contributed by atoms with Crippen molar-refractivity contribution in [1.82, 2.24) is 9.97 Å². The molecule has 1 fully saturated rings. The molecule has 5 rings (SSSR count). The van der Waals surface area contributed by atoms with E-state index in [4.69, 9.17) is 9.47 Å². The summed E-state index contributed by atoms with van der Waals surface area (Å²) in [6.07, 6.45) is 0. The SMILES string of the molecule is COc1ccc(C2/C(=C(\O)c3ccc(Br)cc3)C(=O)C(=O)N2c2nc3ccccc3[nH]2)cc1OC. The molecular weight excluding hydrogens is 514 g/mol. The van der Waals surface area contributed by atoms with Crippen molar-refractivity contribution in [2.75, 3.05) is 19.1 Å². The second-order valence-electron chi connectivity index (χ2n) is 7.87. The lowest BCUT2D eigenvalue weighted by atomic mass is 9.95. The van der Waals surface area contributed by atoms with Gasteiger partial charge in [-0.15, -0.1) is 0 Å². The van der Waals surface area contributed by atoms with E-state index in [1.54, 1.807) is 48.5 Å². The summed E-state index contributed by atoms with van der Waals surface area (Å²) in [7, 11) is 3.02. The Balaban J connectivity index is 1.75. The molecule has 1 amide bonds. The molecule has 1 aliphatic rings. The van der Waals surface area contributed by atoms with Gasteiger partial charge in [0.05, 0.1) is 36.9 Å². The van der Waals surface area contributed by atoms with Crippen molar-refractivity contribution in [3.8, 4) is 11.5 Å². The standard InChI is InChI=1S/C26H20BrN3O5/c1-34-19-12-9-15(13-20(19)35-2)22-21(23(31)14-7-10-16(27)11-8-14)24(32)25(33)30(22)26-28-17-5-3-4-6-18(17)29-26/h3-13,22,31H,1-2H3,(H,28,29)/b23-21+. The first kappa shape index (κ1) is 22.7. The first-order chi connectivity index (χ1) is 16.9. The van der Waals surface area contributed by atoms with Crippen LogP contribution in [0.15, 0.2) is 76.8 Å². The fraction of sp³-hybridized carbons (Fsp3) is 0.115. The van der Waals surface area contributed by atoms with Gasteiger partial charge in [-0.2, -0.15) is 0 Å². The molecule has 1 saturated heterocycles. The Bertz CT molecular complexity index is 1460. The van der Waals surface area contributed by atoms with Crippen LogP contribution in [0.3, 0.4) is 0 Å². The molecule has 0 radical (unpaired) electrons. The summed E-state index contributed by atoms with van der Waals surface area (Å²) < 4.78 is 11.6. The minimum Gasteiger partial charge on any atom is -0.507 e. The molecule has 3 aromatic carbocycles. The van der Waals surface area contributed by atoms with Crippen molar-refractivity contribution < 1.29 is 24.2 Å². The number of Topliss-reactive ketones (excluding diaryl/α,β-unsaturated/α-hetero) is 1. The maximum atomic E-state index is 13.4. The topological polar surface area (TPSA) is 105 Å². The molecule has 1 atom stereocenters. The number of carbonyl (C=O) groups is 2. The molecule has 2 N–H and O–H groups in total. The number of halogens is 1. The number of amides is 1. The zero-order chi connectivity index (χ0) is 24.7. The highest BCUT2D eigenvalue weighted by Crippen LogP contribution is 2.43. The van der Waals surface area contributed by atoms with Gasteiger partial charge in [-0.3, -0.25) is 14.5 Å². The number of ether oxygens (including phenoxy) is 2. The van der Waals surface area contributed by atoms with E-state index in [2.05, 4.69) is 25.9 Å². The van der Waals surface area contributed by atoms with Gasteiger partial charge in [-0.05, 0) is 42.0 Å². The van der Waals surface area contributed by atoms with E-state index in [0.29, 0.717) is 33.7 Å². The van der Waals surface area contributed by atoms with Crippen LogP contribution in [0.4, 0.5) is 5.95 Å². The van der Waals surface area contributed by atoms with Crippen LogP contribution in [-0.4, -0.2) is 41.0 Å². The van der Waals surface area contributed by atoms with E-state index >= 15 is 0 Å². The minimum absolute atomic E-state index is 0.0509. The van der Waals surface area contributed by atoms with E-state index < -0.39 is 17.7 Å². The molecule has 35 heavy (non-hydrogen) atoms. The highest BCUT2D eigenvalue weighted by atomic mass is 79.9. The van der Waals surface area contributed by atoms with Crippen molar-refractivity contribution in [2.24, 2.45) is 0 Å². The van der Waals surface area contributed by atoms with Gasteiger partial charge >= 0.3 is 5.91 Å².